The van der Waals surface area contributed by atoms with Crippen LogP contribution < -0.4 is 10.2 Å². The average molecular weight is 390 g/mol. The maximum absolute atomic E-state index is 12.6. The van der Waals surface area contributed by atoms with Gasteiger partial charge in [0, 0.05) is 44.5 Å². The van der Waals surface area contributed by atoms with Crippen molar-refractivity contribution in [3.05, 3.63) is 48.5 Å². The van der Waals surface area contributed by atoms with Crippen LogP contribution in [0.1, 0.15) is 12.8 Å². The van der Waals surface area contributed by atoms with Crippen LogP contribution in [0, 0.1) is 0 Å². The third-order valence-corrected chi connectivity index (χ3v) is 6.19. The Kier molecular flexibility index (Phi) is 4.72. The van der Waals surface area contributed by atoms with Gasteiger partial charge in [-0.05, 0) is 43.7 Å². The molecule has 1 aromatic heterocycles. The van der Waals surface area contributed by atoms with E-state index in [9.17, 15) is 4.79 Å². The van der Waals surface area contributed by atoms with Crippen LogP contribution in [-0.4, -0.2) is 59.1 Å². The lowest BCUT2D eigenvalue weighted by atomic mass is 10.1. The fourth-order valence-corrected chi connectivity index (χ4v) is 4.36. The summed E-state index contributed by atoms with van der Waals surface area (Å²) in [5, 5.41) is 3.23. The number of aryl methyl sites for hydroxylation is 1. The molecule has 0 radical (unpaired) electrons. The number of amides is 1. The van der Waals surface area contributed by atoms with Crippen LogP contribution in [-0.2, 0) is 11.8 Å². The van der Waals surface area contributed by atoms with Gasteiger partial charge in [0.05, 0.1) is 17.1 Å². The topological polar surface area (TPSA) is 53.4 Å². The predicted octanol–water partition coefficient (Wildman–Crippen LogP) is 2.64. The summed E-state index contributed by atoms with van der Waals surface area (Å²) in [4.78, 5) is 21.8. The minimum Gasteiger partial charge on any atom is -0.370 e. The van der Waals surface area contributed by atoms with Gasteiger partial charge in [-0.1, -0.05) is 24.3 Å². The van der Waals surface area contributed by atoms with Crippen LogP contribution in [0.4, 0.5) is 5.69 Å². The lowest BCUT2D eigenvalue weighted by Crippen LogP contribution is -2.55. The fraction of sp³-hybridized carbons (Fsp3) is 0.391. The number of nitrogens with one attached hydrogen (secondary N) is 1. The van der Waals surface area contributed by atoms with E-state index < -0.39 is 0 Å². The third kappa shape index (κ3) is 3.38. The number of imidazole rings is 1. The molecule has 5 rings (SSSR count). The van der Waals surface area contributed by atoms with Crippen LogP contribution in [0.2, 0.25) is 0 Å². The summed E-state index contributed by atoms with van der Waals surface area (Å²) in [7, 11) is 2.07. The van der Waals surface area contributed by atoms with Crippen molar-refractivity contribution >= 4 is 22.6 Å². The molecule has 0 saturated carbocycles. The monoisotopic (exact) mass is 389 g/mol. The van der Waals surface area contributed by atoms with Gasteiger partial charge in [-0.2, -0.15) is 0 Å². The first-order valence-electron chi connectivity index (χ1n) is 10.5. The van der Waals surface area contributed by atoms with E-state index in [1.54, 1.807) is 0 Å². The normalized spacial score (nSPS) is 19.8. The van der Waals surface area contributed by atoms with Gasteiger partial charge in [0.15, 0.2) is 0 Å². The van der Waals surface area contributed by atoms with Gasteiger partial charge in [-0.3, -0.25) is 4.79 Å². The molecule has 6 heteroatoms. The minimum absolute atomic E-state index is 0.0439. The summed E-state index contributed by atoms with van der Waals surface area (Å²) < 4.78 is 2.16. The van der Waals surface area contributed by atoms with Crippen LogP contribution >= 0.6 is 0 Å². The highest BCUT2D eigenvalue weighted by atomic mass is 16.2. The second-order valence-electron chi connectivity index (χ2n) is 7.99. The zero-order valence-electron chi connectivity index (χ0n) is 16.8. The number of carbonyl (C=O) groups is 1. The van der Waals surface area contributed by atoms with E-state index in [-0.39, 0.29) is 11.9 Å². The van der Waals surface area contributed by atoms with Gasteiger partial charge in [-0.25, -0.2) is 4.98 Å². The first-order valence-corrected chi connectivity index (χ1v) is 10.5. The first-order chi connectivity index (χ1) is 14.2. The van der Waals surface area contributed by atoms with E-state index in [4.69, 9.17) is 4.98 Å². The van der Waals surface area contributed by atoms with E-state index in [0.717, 1.165) is 68.0 Å². The molecule has 3 heterocycles. The van der Waals surface area contributed by atoms with Crippen molar-refractivity contribution in [2.75, 3.05) is 37.6 Å². The summed E-state index contributed by atoms with van der Waals surface area (Å²) in [5.41, 5.74) is 4.48. The van der Waals surface area contributed by atoms with Crippen molar-refractivity contribution in [1.82, 2.24) is 19.8 Å². The molecular formula is C23H27N5O. The van der Waals surface area contributed by atoms with Crippen LogP contribution in [0.25, 0.3) is 22.4 Å². The number of hydrogen-bond acceptors (Lipinski definition) is 4. The van der Waals surface area contributed by atoms with E-state index in [0.29, 0.717) is 0 Å². The number of hydrogen-bond donors (Lipinski definition) is 1. The number of fused-ring (bicyclic) bond motifs is 1. The van der Waals surface area contributed by atoms with Crippen molar-refractivity contribution in [2.24, 2.45) is 7.05 Å². The molecule has 0 spiro atoms. The third-order valence-electron chi connectivity index (χ3n) is 6.19. The Morgan fingerprint density at radius 3 is 2.72 bits per heavy atom. The van der Waals surface area contributed by atoms with Crippen molar-refractivity contribution < 1.29 is 4.79 Å². The van der Waals surface area contributed by atoms with Gasteiger partial charge in [0.25, 0.3) is 0 Å². The lowest BCUT2D eigenvalue weighted by molar-refractivity contribution is -0.134. The van der Waals surface area contributed by atoms with Gasteiger partial charge in [0.1, 0.15) is 5.82 Å². The molecule has 6 nitrogen and oxygen atoms in total. The second kappa shape index (κ2) is 7.52. The van der Waals surface area contributed by atoms with E-state index in [1.165, 1.54) is 5.69 Å². The molecule has 29 heavy (non-hydrogen) atoms. The van der Waals surface area contributed by atoms with Crippen LogP contribution in [0.3, 0.4) is 0 Å². The molecule has 0 bridgehead atoms. The summed E-state index contributed by atoms with van der Waals surface area (Å²) in [6.45, 7) is 4.43. The molecule has 2 saturated heterocycles. The van der Waals surface area contributed by atoms with Crippen molar-refractivity contribution in [3.8, 4) is 11.4 Å². The minimum atomic E-state index is 0.0439. The fourth-order valence-electron chi connectivity index (χ4n) is 4.36. The van der Waals surface area contributed by atoms with Gasteiger partial charge in [0.2, 0.25) is 5.91 Å². The Hall–Kier alpha value is -2.86. The molecule has 0 unspecified atom stereocenters. The largest absolute Gasteiger partial charge is 0.370 e. The smallest absolute Gasteiger partial charge is 0.239 e. The molecule has 1 N–H and O–H groups in total. The quantitative estimate of drug-likeness (QED) is 0.748. The number of rotatable bonds is 3. The number of carbonyl (C=O) groups excluding carboxylic acids is 1. The van der Waals surface area contributed by atoms with E-state index in [2.05, 4.69) is 58.2 Å². The summed E-state index contributed by atoms with van der Waals surface area (Å²) in [6.07, 6.45) is 1.97. The second-order valence-corrected chi connectivity index (χ2v) is 7.99. The van der Waals surface area contributed by atoms with Gasteiger partial charge < -0.3 is 19.7 Å². The molecule has 1 atom stereocenters. The average Bonchev–Trinajstić information content (AvgIpc) is 2.88. The predicted molar refractivity (Wildman–Crippen MR) is 116 cm³/mol. The first kappa shape index (κ1) is 18.2. The number of benzene rings is 2. The van der Waals surface area contributed by atoms with Crippen LogP contribution in [0.5, 0.6) is 0 Å². The summed E-state index contributed by atoms with van der Waals surface area (Å²) >= 11 is 0. The Morgan fingerprint density at radius 2 is 1.93 bits per heavy atom. The maximum atomic E-state index is 12.6. The number of anilines is 1. The van der Waals surface area contributed by atoms with E-state index >= 15 is 0 Å². The molecule has 3 aromatic rings. The molecule has 0 aliphatic carbocycles. The lowest BCUT2D eigenvalue weighted by Gasteiger charge is -2.32. The zero-order chi connectivity index (χ0) is 19.8. The molecule has 150 valence electrons. The number of aromatic nitrogens is 2. The standard InChI is InChI=1S/C23H27N5O/c1-26-21-9-3-2-8-19(21)25-22(26)17-6-4-7-18(16-17)27-12-5-13-28(15-14-27)23(29)20-10-11-24-20/h2-4,6-9,16,20,24H,5,10-15H2,1H3/t20-/m0/s1. The Morgan fingerprint density at radius 1 is 1.07 bits per heavy atom. The molecule has 2 aromatic carbocycles. The summed E-state index contributed by atoms with van der Waals surface area (Å²) in [6, 6.07) is 16.9. The highest BCUT2D eigenvalue weighted by Crippen LogP contribution is 2.27. The Bertz CT molecular complexity index is 1040. The molecule has 1 amide bonds. The SMILES string of the molecule is Cn1c(-c2cccc(N3CCCN(C(=O)[C@@H]4CCN4)CC3)c2)nc2ccccc21. The van der Waals surface area contributed by atoms with Crippen molar-refractivity contribution in [3.63, 3.8) is 0 Å². The molecule has 2 fully saturated rings. The maximum Gasteiger partial charge on any atom is 0.239 e. The van der Waals surface area contributed by atoms with Crippen molar-refractivity contribution in [2.45, 2.75) is 18.9 Å². The molecular weight excluding hydrogens is 362 g/mol. The molecule has 2 aliphatic heterocycles. The van der Waals surface area contributed by atoms with Gasteiger partial charge in [-0.15, -0.1) is 0 Å². The van der Waals surface area contributed by atoms with E-state index in [1.807, 2.05) is 17.0 Å². The summed E-state index contributed by atoms with van der Waals surface area (Å²) in [5.74, 6) is 1.25. The number of nitrogens with zero attached hydrogens (tertiary/aromatic N) is 4. The zero-order valence-corrected chi connectivity index (χ0v) is 16.8. The van der Waals surface area contributed by atoms with Crippen LogP contribution in [0.15, 0.2) is 48.5 Å². The van der Waals surface area contributed by atoms with Gasteiger partial charge >= 0.3 is 0 Å². The highest BCUT2D eigenvalue weighted by molar-refractivity contribution is 5.83. The van der Waals surface area contributed by atoms with Crippen molar-refractivity contribution in [1.29, 1.82) is 0 Å². The highest BCUT2D eigenvalue weighted by Gasteiger charge is 2.30. The Balaban J connectivity index is 1.36. The number of para-hydroxylation sites is 2. The Labute approximate surface area is 171 Å². The molecule has 2 aliphatic rings.